The predicted molar refractivity (Wildman–Crippen MR) is 102 cm³/mol. The number of hydrogen-bond acceptors (Lipinski definition) is 8. The maximum absolute atomic E-state index is 12.6. The first-order valence-corrected chi connectivity index (χ1v) is 8.57. The molecule has 0 radical (unpaired) electrons. The number of carbonyl (C=O) groups excluding carboxylic acids is 1. The fraction of sp³-hybridized carbons (Fsp3) is 0.316. The van der Waals surface area contributed by atoms with Crippen molar-refractivity contribution >= 4 is 17.2 Å². The van der Waals surface area contributed by atoms with E-state index in [1.807, 2.05) is 0 Å². The van der Waals surface area contributed by atoms with Crippen LogP contribution in [0.5, 0.6) is 5.75 Å². The number of azo groups is 1. The normalized spacial score (nSPS) is 12.4. The Balaban J connectivity index is 1.96. The summed E-state index contributed by atoms with van der Waals surface area (Å²) >= 11 is 0. The zero-order valence-electron chi connectivity index (χ0n) is 15.0. The second-order valence-electron chi connectivity index (χ2n) is 5.68. The van der Waals surface area contributed by atoms with Crippen LogP contribution in [0.2, 0.25) is 0 Å². The number of Topliss-reactive ketones (excluding diaryl/α,β-unsaturated/α-hetero) is 1. The van der Waals surface area contributed by atoms with E-state index in [-0.39, 0.29) is 18.1 Å². The van der Waals surface area contributed by atoms with Gasteiger partial charge in [0.15, 0.2) is 5.78 Å². The minimum atomic E-state index is -0.815. The van der Waals surface area contributed by atoms with Crippen molar-refractivity contribution in [2.75, 3.05) is 33.0 Å². The lowest BCUT2D eigenvalue weighted by Crippen LogP contribution is -2.35. The molecule has 0 fully saturated rings. The van der Waals surface area contributed by atoms with Gasteiger partial charge in [-0.3, -0.25) is 4.79 Å². The molecule has 1 atom stereocenters. The lowest BCUT2D eigenvalue weighted by Gasteiger charge is -2.12. The average Bonchev–Trinajstić information content (AvgIpc) is 2.69. The van der Waals surface area contributed by atoms with Gasteiger partial charge in [0.1, 0.15) is 5.75 Å². The molecular weight excluding hydrogens is 348 g/mol. The van der Waals surface area contributed by atoms with Crippen LogP contribution in [0.1, 0.15) is 10.4 Å². The minimum Gasteiger partial charge on any atom is -0.508 e. The number of nitrogens with two attached hydrogens (primary N) is 2. The van der Waals surface area contributed by atoms with Crippen LogP contribution in [0.3, 0.4) is 0 Å². The molecule has 0 spiro atoms. The monoisotopic (exact) mass is 372 g/mol. The number of ether oxygens (including phenoxy) is 2. The zero-order chi connectivity index (χ0) is 19.5. The molecule has 0 aliphatic carbocycles. The highest BCUT2D eigenvalue weighted by Crippen LogP contribution is 2.24. The Morgan fingerprint density at radius 2 is 1.70 bits per heavy atom. The van der Waals surface area contributed by atoms with E-state index in [4.69, 9.17) is 20.9 Å². The minimum absolute atomic E-state index is 0.0776. The fourth-order valence-corrected chi connectivity index (χ4v) is 2.19. The Hall–Kier alpha value is -2.65. The third-order valence-corrected chi connectivity index (χ3v) is 3.56. The molecular formula is C19H24N4O4. The smallest absolute Gasteiger partial charge is 0.184 e. The van der Waals surface area contributed by atoms with E-state index >= 15 is 0 Å². The number of carbonyl (C=O) groups is 1. The second kappa shape index (κ2) is 11.1. The molecule has 2 aromatic rings. The first kappa shape index (κ1) is 20.7. The topological polar surface area (TPSA) is 133 Å². The Kier molecular flexibility index (Phi) is 8.53. The Labute approximate surface area is 157 Å². The maximum Gasteiger partial charge on any atom is 0.184 e. The number of ketones is 1. The van der Waals surface area contributed by atoms with Gasteiger partial charge in [-0.2, -0.15) is 5.11 Å². The summed E-state index contributed by atoms with van der Waals surface area (Å²) in [7, 11) is 0. The van der Waals surface area contributed by atoms with Crippen LogP contribution in [-0.4, -0.2) is 49.9 Å². The van der Waals surface area contributed by atoms with Gasteiger partial charge in [0.2, 0.25) is 0 Å². The lowest BCUT2D eigenvalue weighted by molar-refractivity contribution is 0.0436. The van der Waals surface area contributed by atoms with Crippen LogP contribution >= 0.6 is 0 Å². The third-order valence-electron chi connectivity index (χ3n) is 3.56. The van der Waals surface area contributed by atoms with E-state index < -0.39 is 6.04 Å². The van der Waals surface area contributed by atoms with Crippen LogP contribution in [0.4, 0.5) is 11.4 Å². The summed E-state index contributed by atoms with van der Waals surface area (Å²) in [6.07, 6.45) is 0. The lowest BCUT2D eigenvalue weighted by atomic mass is 10.0. The van der Waals surface area contributed by atoms with Crippen LogP contribution in [0.15, 0.2) is 58.8 Å². The van der Waals surface area contributed by atoms with Crippen LogP contribution < -0.4 is 11.5 Å². The fourth-order valence-electron chi connectivity index (χ4n) is 2.19. The van der Waals surface area contributed by atoms with Crippen molar-refractivity contribution in [1.29, 1.82) is 0 Å². The van der Waals surface area contributed by atoms with E-state index in [0.29, 0.717) is 43.3 Å². The van der Waals surface area contributed by atoms with E-state index in [1.54, 1.807) is 36.4 Å². The highest BCUT2D eigenvalue weighted by atomic mass is 16.5. The van der Waals surface area contributed by atoms with Gasteiger partial charge in [0.25, 0.3) is 0 Å². The summed E-state index contributed by atoms with van der Waals surface area (Å²) in [6, 6.07) is 12.3. The molecule has 0 aliphatic heterocycles. The summed E-state index contributed by atoms with van der Waals surface area (Å²) < 4.78 is 10.6. The van der Waals surface area contributed by atoms with E-state index in [2.05, 4.69) is 10.2 Å². The molecule has 0 bridgehead atoms. The molecule has 144 valence electrons. The van der Waals surface area contributed by atoms with E-state index in [9.17, 15) is 9.90 Å². The number of nitrogens with zero attached hydrogens (tertiary/aromatic N) is 2. The largest absolute Gasteiger partial charge is 0.508 e. The van der Waals surface area contributed by atoms with Crippen molar-refractivity contribution in [2.45, 2.75) is 6.04 Å². The molecule has 0 aliphatic rings. The average molecular weight is 372 g/mol. The highest BCUT2D eigenvalue weighted by molar-refractivity contribution is 6.04. The van der Waals surface area contributed by atoms with Gasteiger partial charge in [0.05, 0.1) is 43.8 Å². The number of rotatable bonds is 11. The zero-order valence-corrected chi connectivity index (χ0v) is 15.0. The number of phenols is 1. The number of phenolic OH excluding ortho intramolecular Hbond substituents is 1. The van der Waals surface area contributed by atoms with E-state index in [0.717, 1.165) is 0 Å². The summed E-state index contributed by atoms with van der Waals surface area (Å²) in [6.45, 7) is 1.73. The van der Waals surface area contributed by atoms with Crippen molar-refractivity contribution in [2.24, 2.45) is 21.7 Å². The molecule has 27 heavy (non-hydrogen) atoms. The first-order chi connectivity index (χ1) is 13.1. The van der Waals surface area contributed by atoms with Gasteiger partial charge >= 0.3 is 0 Å². The van der Waals surface area contributed by atoms with Crippen molar-refractivity contribution in [3.63, 3.8) is 0 Å². The molecule has 8 nitrogen and oxygen atoms in total. The molecule has 2 rings (SSSR count). The summed E-state index contributed by atoms with van der Waals surface area (Å²) in [5, 5.41) is 17.5. The standard InChI is InChI=1S/C19H24N4O4/c20-9-10-26-11-12-27-13-17(21)19(25)16-3-1-2-4-18(16)23-22-14-5-7-15(24)8-6-14/h1-8,17,24H,9-13,20-21H2/b23-22+. The first-order valence-electron chi connectivity index (χ1n) is 8.57. The molecule has 2 aromatic carbocycles. The van der Waals surface area contributed by atoms with E-state index in [1.165, 1.54) is 12.1 Å². The molecule has 0 aromatic heterocycles. The van der Waals surface area contributed by atoms with Gasteiger partial charge in [0, 0.05) is 12.1 Å². The highest BCUT2D eigenvalue weighted by Gasteiger charge is 2.19. The predicted octanol–water partition coefficient (Wildman–Crippen LogP) is 2.31. The maximum atomic E-state index is 12.6. The van der Waals surface area contributed by atoms with Gasteiger partial charge in [-0.15, -0.1) is 5.11 Å². The Bertz CT molecular complexity index is 750. The molecule has 0 heterocycles. The van der Waals surface area contributed by atoms with Crippen molar-refractivity contribution in [3.05, 3.63) is 54.1 Å². The van der Waals surface area contributed by atoms with Crippen LogP contribution in [-0.2, 0) is 9.47 Å². The summed E-state index contributed by atoms with van der Waals surface area (Å²) in [5.74, 6) is -0.137. The summed E-state index contributed by atoms with van der Waals surface area (Å²) in [4.78, 5) is 12.6. The van der Waals surface area contributed by atoms with Crippen molar-refractivity contribution in [3.8, 4) is 5.75 Å². The molecule has 1 unspecified atom stereocenters. The molecule has 0 amide bonds. The SMILES string of the molecule is NCCOCCOCC(N)C(=O)c1ccccc1/N=N/c1ccc(O)cc1. The van der Waals surface area contributed by atoms with Gasteiger partial charge in [-0.1, -0.05) is 12.1 Å². The number of hydrogen-bond donors (Lipinski definition) is 3. The number of benzene rings is 2. The quantitative estimate of drug-likeness (QED) is 0.315. The van der Waals surface area contributed by atoms with Crippen molar-refractivity contribution < 1.29 is 19.4 Å². The molecule has 5 N–H and O–H groups in total. The molecule has 0 saturated heterocycles. The number of aromatic hydroxyl groups is 1. The Morgan fingerprint density at radius 1 is 1.00 bits per heavy atom. The van der Waals surface area contributed by atoms with Gasteiger partial charge in [-0.05, 0) is 36.4 Å². The van der Waals surface area contributed by atoms with Crippen LogP contribution in [0.25, 0.3) is 0 Å². The molecule has 0 saturated carbocycles. The van der Waals surface area contributed by atoms with Gasteiger partial charge < -0.3 is 26.0 Å². The molecule has 8 heteroatoms. The summed E-state index contributed by atoms with van der Waals surface area (Å²) in [5.41, 5.74) is 12.6. The Morgan fingerprint density at radius 3 is 2.44 bits per heavy atom. The third kappa shape index (κ3) is 6.87. The van der Waals surface area contributed by atoms with Gasteiger partial charge in [-0.25, -0.2) is 0 Å². The van der Waals surface area contributed by atoms with Crippen LogP contribution in [0, 0.1) is 0 Å². The second-order valence-corrected chi connectivity index (χ2v) is 5.68. The van der Waals surface area contributed by atoms with Crippen molar-refractivity contribution in [1.82, 2.24) is 0 Å².